The smallest absolute Gasteiger partial charge is 0.258 e. The van der Waals surface area contributed by atoms with Crippen LogP contribution in [0.4, 0.5) is 5.69 Å². The van der Waals surface area contributed by atoms with Crippen LogP contribution >= 0.6 is 0 Å². The molecule has 3 rings (SSSR count). The lowest BCUT2D eigenvalue weighted by atomic mass is 10.1. The maximum Gasteiger partial charge on any atom is 0.258 e. The van der Waals surface area contributed by atoms with Crippen molar-refractivity contribution in [2.75, 3.05) is 12.0 Å². The van der Waals surface area contributed by atoms with Crippen molar-refractivity contribution in [2.45, 2.75) is 37.9 Å². The molecule has 0 saturated heterocycles. The highest BCUT2D eigenvalue weighted by atomic mass is 32.2. The average molecular weight is 374 g/mol. The molecule has 0 atom stereocenters. The van der Waals surface area contributed by atoms with Crippen LogP contribution in [0.5, 0.6) is 5.75 Å². The van der Waals surface area contributed by atoms with Gasteiger partial charge in [0.25, 0.3) is 5.91 Å². The molecule has 0 saturated carbocycles. The first kappa shape index (κ1) is 18.3. The lowest BCUT2D eigenvalue weighted by Crippen LogP contribution is -2.26. The van der Waals surface area contributed by atoms with Gasteiger partial charge in [-0.25, -0.2) is 8.42 Å². The molecule has 1 heterocycles. The molecule has 138 valence electrons. The number of nitrogen functional groups attached to an aromatic ring is 1. The molecule has 1 amide bonds. The minimum absolute atomic E-state index is 0.0953. The highest BCUT2D eigenvalue weighted by Crippen LogP contribution is 2.30. The van der Waals surface area contributed by atoms with E-state index in [1.165, 1.54) is 12.1 Å². The van der Waals surface area contributed by atoms with Crippen molar-refractivity contribution in [1.29, 1.82) is 0 Å². The van der Waals surface area contributed by atoms with Gasteiger partial charge in [0.05, 0.1) is 16.6 Å². The first-order valence-electron chi connectivity index (χ1n) is 8.32. The monoisotopic (exact) mass is 374 g/mol. The van der Waals surface area contributed by atoms with Crippen LogP contribution in [0.15, 0.2) is 41.3 Å². The van der Waals surface area contributed by atoms with Crippen molar-refractivity contribution in [3.05, 3.63) is 53.1 Å². The topological polar surface area (TPSA) is 89.7 Å². The second kappa shape index (κ2) is 6.64. The molecule has 0 radical (unpaired) electrons. The molecule has 0 aliphatic carbocycles. The Bertz CT molecular complexity index is 967. The van der Waals surface area contributed by atoms with E-state index in [0.717, 1.165) is 17.4 Å². The third-order valence-corrected chi connectivity index (χ3v) is 5.32. The van der Waals surface area contributed by atoms with E-state index in [1.54, 1.807) is 11.0 Å². The van der Waals surface area contributed by atoms with Crippen LogP contribution in [0.3, 0.4) is 0 Å². The minimum atomic E-state index is -3.43. The zero-order valence-corrected chi connectivity index (χ0v) is 15.8. The third kappa shape index (κ3) is 3.67. The van der Waals surface area contributed by atoms with E-state index in [0.29, 0.717) is 24.5 Å². The van der Waals surface area contributed by atoms with Crippen LogP contribution in [0, 0.1) is 0 Å². The zero-order chi connectivity index (χ0) is 19.1. The number of hydrogen-bond donors (Lipinski definition) is 1. The van der Waals surface area contributed by atoms with Crippen LogP contribution in [-0.4, -0.2) is 31.6 Å². The number of hydrogen-bond acceptors (Lipinski definition) is 5. The van der Waals surface area contributed by atoms with Crippen LogP contribution < -0.4 is 10.5 Å². The summed E-state index contributed by atoms with van der Waals surface area (Å²) in [6, 6.07) is 9.99. The summed E-state index contributed by atoms with van der Waals surface area (Å²) in [6.07, 6.45) is 0.981. The van der Waals surface area contributed by atoms with Gasteiger partial charge in [0.15, 0.2) is 9.84 Å². The fourth-order valence-electron chi connectivity index (χ4n) is 2.99. The van der Waals surface area contributed by atoms with E-state index in [9.17, 15) is 13.2 Å². The average Bonchev–Trinajstić information content (AvgIpc) is 2.96. The van der Waals surface area contributed by atoms with Crippen molar-refractivity contribution in [2.24, 2.45) is 0 Å². The standard InChI is InChI=1S/C19H22N2O4S/c1-12(2)25-18-7-6-16(26(3,23)24)9-17(18)19(22)21-10-13-4-5-15(20)8-14(13)11-21/h4-9,12H,10-11,20H2,1-3H3. The van der Waals surface area contributed by atoms with Crippen LogP contribution in [-0.2, 0) is 22.9 Å². The van der Waals surface area contributed by atoms with E-state index in [2.05, 4.69) is 0 Å². The fourth-order valence-corrected chi connectivity index (χ4v) is 3.64. The van der Waals surface area contributed by atoms with Crippen molar-refractivity contribution >= 4 is 21.4 Å². The maximum atomic E-state index is 13.1. The lowest BCUT2D eigenvalue weighted by molar-refractivity contribution is 0.0745. The number of anilines is 1. The predicted octanol–water partition coefficient (Wildman–Crippen LogP) is 2.62. The summed E-state index contributed by atoms with van der Waals surface area (Å²) < 4.78 is 29.5. The van der Waals surface area contributed by atoms with Gasteiger partial charge in [-0.2, -0.15) is 0 Å². The van der Waals surface area contributed by atoms with Gasteiger partial charge in [0.2, 0.25) is 0 Å². The Morgan fingerprint density at radius 3 is 2.46 bits per heavy atom. The number of benzene rings is 2. The van der Waals surface area contributed by atoms with E-state index < -0.39 is 9.84 Å². The molecule has 6 nitrogen and oxygen atoms in total. The summed E-state index contributed by atoms with van der Waals surface area (Å²) in [5, 5.41) is 0. The van der Waals surface area contributed by atoms with Crippen molar-refractivity contribution in [1.82, 2.24) is 4.90 Å². The number of sulfone groups is 1. The van der Waals surface area contributed by atoms with E-state index in [1.807, 2.05) is 32.0 Å². The quantitative estimate of drug-likeness (QED) is 0.831. The van der Waals surface area contributed by atoms with Gasteiger partial charge in [0, 0.05) is 25.0 Å². The summed E-state index contributed by atoms with van der Waals surface area (Å²) in [4.78, 5) is 14.9. The van der Waals surface area contributed by atoms with E-state index >= 15 is 0 Å². The van der Waals surface area contributed by atoms with Crippen molar-refractivity contribution in [3.63, 3.8) is 0 Å². The van der Waals surface area contributed by atoms with E-state index in [-0.39, 0.29) is 22.5 Å². The molecule has 26 heavy (non-hydrogen) atoms. The first-order chi connectivity index (χ1) is 12.1. The summed E-state index contributed by atoms with van der Waals surface area (Å²) in [6.45, 7) is 4.60. The van der Waals surface area contributed by atoms with Crippen LogP contribution in [0.25, 0.3) is 0 Å². The molecule has 0 aromatic heterocycles. The van der Waals surface area contributed by atoms with Gasteiger partial charge < -0.3 is 15.4 Å². The van der Waals surface area contributed by atoms with Crippen molar-refractivity contribution < 1.29 is 17.9 Å². The highest BCUT2D eigenvalue weighted by molar-refractivity contribution is 7.90. The lowest BCUT2D eigenvalue weighted by Gasteiger charge is -2.20. The molecule has 0 fully saturated rings. The summed E-state index contributed by atoms with van der Waals surface area (Å²) in [5.74, 6) is 0.119. The Labute approximate surface area is 153 Å². The minimum Gasteiger partial charge on any atom is -0.490 e. The summed E-state index contributed by atoms with van der Waals surface area (Å²) >= 11 is 0. The van der Waals surface area contributed by atoms with Gasteiger partial charge in [-0.15, -0.1) is 0 Å². The second-order valence-electron chi connectivity index (χ2n) is 6.79. The Morgan fingerprint density at radius 1 is 1.12 bits per heavy atom. The molecule has 7 heteroatoms. The Balaban J connectivity index is 1.97. The number of nitrogens with zero attached hydrogens (tertiary/aromatic N) is 1. The van der Waals surface area contributed by atoms with Crippen LogP contribution in [0.2, 0.25) is 0 Å². The summed E-state index contributed by atoms with van der Waals surface area (Å²) in [5.41, 5.74) is 8.77. The van der Waals surface area contributed by atoms with E-state index in [4.69, 9.17) is 10.5 Å². The second-order valence-corrected chi connectivity index (χ2v) is 8.80. The molecule has 2 aromatic carbocycles. The van der Waals surface area contributed by atoms with Gasteiger partial charge in [-0.1, -0.05) is 6.07 Å². The van der Waals surface area contributed by atoms with Gasteiger partial charge >= 0.3 is 0 Å². The number of carbonyl (C=O) groups is 1. The highest BCUT2D eigenvalue weighted by Gasteiger charge is 2.27. The molecular formula is C19H22N2O4S. The molecule has 1 aliphatic rings. The molecule has 0 unspecified atom stereocenters. The molecule has 0 spiro atoms. The van der Waals surface area contributed by atoms with Crippen molar-refractivity contribution in [3.8, 4) is 5.75 Å². The predicted molar refractivity (Wildman–Crippen MR) is 99.7 cm³/mol. The van der Waals surface area contributed by atoms with Gasteiger partial charge in [-0.05, 0) is 55.3 Å². The molecular weight excluding hydrogens is 352 g/mol. The zero-order valence-electron chi connectivity index (χ0n) is 15.0. The molecule has 0 bridgehead atoms. The normalized spacial score (nSPS) is 13.8. The molecule has 1 aliphatic heterocycles. The van der Waals surface area contributed by atoms with Gasteiger partial charge in [0.1, 0.15) is 5.75 Å². The maximum absolute atomic E-state index is 13.1. The largest absolute Gasteiger partial charge is 0.490 e. The molecule has 2 N–H and O–H groups in total. The number of fused-ring (bicyclic) bond motifs is 1. The number of rotatable bonds is 4. The number of amides is 1. The Kier molecular flexibility index (Phi) is 4.66. The number of ether oxygens (including phenoxy) is 1. The first-order valence-corrected chi connectivity index (χ1v) is 10.2. The van der Waals surface area contributed by atoms with Gasteiger partial charge in [-0.3, -0.25) is 4.79 Å². The number of nitrogens with two attached hydrogens (primary N) is 1. The number of carbonyl (C=O) groups excluding carboxylic acids is 1. The Morgan fingerprint density at radius 2 is 1.81 bits per heavy atom. The third-order valence-electron chi connectivity index (χ3n) is 4.21. The molecule has 2 aromatic rings. The summed E-state index contributed by atoms with van der Waals surface area (Å²) in [7, 11) is -3.43. The fraction of sp³-hybridized carbons (Fsp3) is 0.316. The Hall–Kier alpha value is -2.54. The SMILES string of the molecule is CC(C)Oc1ccc(S(C)(=O)=O)cc1C(=O)N1Cc2ccc(N)cc2C1. The van der Waals surface area contributed by atoms with Crippen LogP contribution in [0.1, 0.15) is 35.3 Å².